The van der Waals surface area contributed by atoms with E-state index in [4.69, 9.17) is 5.11 Å². The van der Waals surface area contributed by atoms with Crippen LogP contribution in [-0.2, 0) is 19.5 Å². The van der Waals surface area contributed by atoms with E-state index in [1.807, 2.05) is 18.2 Å². The Labute approximate surface area is 67.7 Å². The molecule has 1 N–H and O–H groups in total. The second kappa shape index (κ2) is 10.7. The van der Waals surface area contributed by atoms with E-state index in [2.05, 4.69) is 4.98 Å². The summed E-state index contributed by atoms with van der Waals surface area (Å²) in [5, 5.41) is 7.00. The molecule has 1 rings (SSSR count). The predicted octanol–water partition coefficient (Wildman–Crippen LogP) is 0.688. The molecule has 2 nitrogen and oxygen atoms in total. The normalized spacial score (nSPS) is 6.00. The van der Waals surface area contributed by atoms with E-state index in [0.29, 0.717) is 0 Å². The van der Waals surface area contributed by atoms with Crippen molar-refractivity contribution in [3.8, 4) is 0 Å². The first-order chi connectivity index (χ1) is 4.00. The van der Waals surface area contributed by atoms with Crippen LogP contribution in [0.2, 0.25) is 0 Å². The molecular weight excluding hydrogens is 203 g/mol. The predicted molar refractivity (Wildman–Crippen MR) is 32.4 cm³/mol. The van der Waals surface area contributed by atoms with Gasteiger partial charge in [-0.2, -0.15) is 0 Å². The molecule has 0 saturated heterocycles. The molecule has 0 unspecified atom stereocenters. The topological polar surface area (TPSA) is 33.1 Å². The monoisotopic (exact) mass is 213 g/mol. The van der Waals surface area contributed by atoms with Crippen LogP contribution < -0.4 is 0 Å². The molecule has 0 aliphatic carbocycles. The van der Waals surface area contributed by atoms with Crippen molar-refractivity contribution < 1.29 is 24.6 Å². The van der Waals surface area contributed by atoms with E-state index in [1.54, 1.807) is 12.4 Å². The molecule has 1 aromatic heterocycles. The Morgan fingerprint density at radius 1 is 1.00 bits per heavy atom. The number of rotatable bonds is 0. The van der Waals surface area contributed by atoms with Gasteiger partial charge in [-0.05, 0) is 12.1 Å². The second-order valence-electron chi connectivity index (χ2n) is 1.02. The van der Waals surface area contributed by atoms with Crippen molar-refractivity contribution in [3.05, 3.63) is 30.6 Å². The first-order valence-corrected chi connectivity index (χ1v) is 2.30. The molecule has 0 fully saturated rings. The van der Waals surface area contributed by atoms with E-state index in [1.165, 1.54) is 0 Å². The van der Waals surface area contributed by atoms with Gasteiger partial charge in [-0.25, -0.2) is 0 Å². The van der Waals surface area contributed by atoms with Crippen LogP contribution in [0, 0.1) is 0 Å². The van der Waals surface area contributed by atoms with E-state index < -0.39 is 0 Å². The fourth-order valence-electron chi connectivity index (χ4n) is 0.313. The molecule has 0 radical (unpaired) electrons. The maximum absolute atomic E-state index is 7.00. The fourth-order valence-corrected chi connectivity index (χ4v) is 0.313. The van der Waals surface area contributed by atoms with E-state index in [-0.39, 0.29) is 19.5 Å². The van der Waals surface area contributed by atoms with Gasteiger partial charge in [0.15, 0.2) is 0 Å². The molecule has 0 aromatic carbocycles. The Balaban J connectivity index is 0. The zero-order valence-corrected chi connectivity index (χ0v) is 6.87. The quantitative estimate of drug-likeness (QED) is 0.642. The molecule has 1 aromatic rings. The molecule has 1 heterocycles. The molecule has 0 aliphatic heterocycles. The zero-order chi connectivity index (χ0) is 6.24. The number of aliphatic hydroxyl groups excluding tert-OH is 1. The molecule has 9 heavy (non-hydrogen) atoms. The van der Waals surface area contributed by atoms with Crippen molar-refractivity contribution in [2.45, 2.75) is 0 Å². The minimum Gasteiger partial charge on any atom is -0.400 e. The molecule has 0 atom stereocenters. The van der Waals surface area contributed by atoms with Crippen LogP contribution in [0.3, 0.4) is 0 Å². The summed E-state index contributed by atoms with van der Waals surface area (Å²) >= 11 is 0. The van der Waals surface area contributed by atoms with Crippen molar-refractivity contribution in [2.75, 3.05) is 7.11 Å². The van der Waals surface area contributed by atoms with E-state index in [0.717, 1.165) is 7.11 Å². The van der Waals surface area contributed by atoms with Crippen LogP contribution in [0.1, 0.15) is 0 Å². The molecule has 3 heteroatoms. The molecule has 0 bridgehead atoms. The average molecular weight is 212 g/mol. The van der Waals surface area contributed by atoms with E-state index >= 15 is 0 Å². The summed E-state index contributed by atoms with van der Waals surface area (Å²) in [4.78, 5) is 3.78. The molecule has 0 spiro atoms. The van der Waals surface area contributed by atoms with Crippen molar-refractivity contribution in [1.29, 1.82) is 0 Å². The molecular formula is C6H9NORu. The van der Waals surface area contributed by atoms with Crippen molar-refractivity contribution in [3.63, 3.8) is 0 Å². The number of nitrogens with zero attached hydrogens (tertiary/aromatic N) is 1. The first-order valence-electron chi connectivity index (χ1n) is 2.30. The van der Waals surface area contributed by atoms with Gasteiger partial charge in [0.1, 0.15) is 0 Å². The van der Waals surface area contributed by atoms with Gasteiger partial charge in [-0.3, -0.25) is 4.98 Å². The number of pyridine rings is 1. The Kier molecular flexibility index (Phi) is 13.7. The summed E-state index contributed by atoms with van der Waals surface area (Å²) in [5.74, 6) is 0. The van der Waals surface area contributed by atoms with Gasteiger partial charge in [0.2, 0.25) is 0 Å². The van der Waals surface area contributed by atoms with Gasteiger partial charge in [-0.1, -0.05) is 6.07 Å². The van der Waals surface area contributed by atoms with Crippen LogP contribution in [0.25, 0.3) is 0 Å². The maximum Gasteiger partial charge on any atom is 0.0319 e. The third-order valence-electron chi connectivity index (χ3n) is 0.566. The standard InChI is InChI=1S/C5H5N.CH4O.Ru/c1-2-4-6-5-3-1;1-2;/h1-5H;2H,1H3;. The Morgan fingerprint density at radius 2 is 1.44 bits per heavy atom. The smallest absolute Gasteiger partial charge is 0.0319 e. The number of aromatic nitrogens is 1. The average Bonchev–Trinajstić information content (AvgIpc) is 1.96. The third-order valence-corrected chi connectivity index (χ3v) is 0.566. The van der Waals surface area contributed by atoms with Crippen LogP contribution in [0.4, 0.5) is 0 Å². The number of hydrogen-bond acceptors (Lipinski definition) is 2. The summed E-state index contributed by atoms with van der Waals surface area (Å²) in [6.45, 7) is 0. The van der Waals surface area contributed by atoms with Gasteiger partial charge in [0.05, 0.1) is 0 Å². The van der Waals surface area contributed by atoms with Crippen LogP contribution >= 0.6 is 0 Å². The number of aliphatic hydroxyl groups is 1. The Bertz CT molecular complexity index is 85.0. The maximum atomic E-state index is 7.00. The molecule has 0 aliphatic rings. The Hall–Kier alpha value is -0.267. The van der Waals surface area contributed by atoms with E-state index in [9.17, 15) is 0 Å². The van der Waals surface area contributed by atoms with Gasteiger partial charge in [0, 0.05) is 39.0 Å². The molecule has 0 saturated carbocycles. The van der Waals surface area contributed by atoms with Crippen LogP contribution in [0.15, 0.2) is 30.6 Å². The van der Waals surface area contributed by atoms with Crippen LogP contribution in [-0.4, -0.2) is 17.2 Å². The van der Waals surface area contributed by atoms with Gasteiger partial charge < -0.3 is 5.11 Å². The minimum absolute atomic E-state index is 0. The summed E-state index contributed by atoms with van der Waals surface area (Å²) in [6.07, 6.45) is 3.50. The SMILES string of the molecule is CO.[Ru].c1ccncc1. The second-order valence-corrected chi connectivity index (χ2v) is 1.02. The largest absolute Gasteiger partial charge is 0.400 e. The van der Waals surface area contributed by atoms with Crippen molar-refractivity contribution in [1.82, 2.24) is 4.98 Å². The Morgan fingerprint density at radius 3 is 1.56 bits per heavy atom. The summed E-state index contributed by atoms with van der Waals surface area (Å²) in [5.41, 5.74) is 0. The van der Waals surface area contributed by atoms with Crippen molar-refractivity contribution >= 4 is 0 Å². The zero-order valence-electron chi connectivity index (χ0n) is 5.13. The van der Waals surface area contributed by atoms with Crippen molar-refractivity contribution in [2.24, 2.45) is 0 Å². The first kappa shape index (κ1) is 11.5. The van der Waals surface area contributed by atoms with Crippen LogP contribution in [0.5, 0.6) is 0 Å². The summed E-state index contributed by atoms with van der Waals surface area (Å²) in [7, 11) is 1.00. The summed E-state index contributed by atoms with van der Waals surface area (Å²) < 4.78 is 0. The molecule has 52 valence electrons. The third kappa shape index (κ3) is 7.73. The van der Waals surface area contributed by atoms with Gasteiger partial charge >= 0.3 is 0 Å². The fraction of sp³-hybridized carbons (Fsp3) is 0.167. The summed E-state index contributed by atoms with van der Waals surface area (Å²) in [6, 6.07) is 5.72. The number of hydrogen-bond donors (Lipinski definition) is 1. The van der Waals surface area contributed by atoms with Gasteiger partial charge in [0.25, 0.3) is 0 Å². The van der Waals surface area contributed by atoms with Gasteiger partial charge in [-0.15, -0.1) is 0 Å². The minimum atomic E-state index is 0. The molecule has 0 amide bonds.